The maximum atomic E-state index is 6.16. The van der Waals surface area contributed by atoms with Gasteiger partial charge in [0.05, 0.1) is 0 Å². The van der Waals surface area contributed by atoms with Crippen LogP contribution >= 0.6 is 0 Å². The quantitative estimate of drug-likeness (QED) is 0.904. The molecule has 0 aromatic heterocycles. The van der Waals surface area contributed by atoms with Crippen LogP contribution in [0.15, 0.2) is 30.3 Å². The molecule has 1 aromatic rings. The Hall–Kier alpha value is -1.06. The van der Waals surface area contributed by atoms with Gasteiger partial charge in [-0.3, -0.25) is 4.90 Å². The van der Waals surface area contributed by atoms with Crippen molar-refractivity contribution in [1.29, 1.82) is 0 Å². The van der Waals surface area contributed by atoms with Crippen LogP contribution in [0.3, 0.4) is 0 Å². The molecule has 1 saturated carbocycles. The van der Waals surface area contributed by atoms with E-state index < -0.39 is 0 Å². The molecule has 1 aliphatic carbocycles. The first-order valence-electron chi connectivity index (χ1n) is 8.46. The molecular weight excluding hydrogens is 258 g/mol. The van der Waals surface area contributed by atoms with Gasteiger partial charge in [0.15, 0.2) is 0 Å². The van der Waals surface area contributed by atoms with Crippen molar-refractivity contribution in [3.8, 4) is 0 Å². The second-order valence-electron chi connectivity index (χ2n) is 7.01. The van der Waals surface area contributed by atoms with Crippen molar-refractivity contribution in [2.24, 2.45) is 11.7 Å². The van der Waals surface area contributed by atoms with Crippen molar-refractivity contribution in [2.75, 3.05) is 37.6 Å². The Bertz CT molecular complexity index is 435. The summed E-state index contributed by atoms with van der Waals surface area (Å²) in [6, 6.07) is 10.8. The molecule has 0 amide bonds. The third-order valence-electron chi connectivity index (χ3n) is 5.56. The van der Waals surface area contributed by atoms with E-state index in [9.17, 15) is 0 Å². The average molecular weight is 287 g/mol. The second kappa shape index (κ2) is 6.37. The van der Waals surface area contributed by atoms with Gasteiger partial charge >= 0.3 is 0 Å². The molecule has 0 bridgehead atoms. The Morgan fingerprint density at radius 3 is 2.29 bits per heavy atom. The van der Waals surface area contributed by atoms with Gasteiger partial charge in [0.2, 0.25) is 0 Å². The van der Waals surface area contributed by atoms with E-state index in [1.54, 1.807) is 0 Å². The number of hydrogen-bond acceptors (Lipinski definition) is 3. The number of hydrogen-bond donors (Lipinski definition) is 1. The third-order valence-corrected chi connectivity index (χ3v) is 5.56. The van der Waals surface area contributed by atoms with E-state index >= 15 is 0 Å². The molecule has 21 heavy (non-hydrogen) atoms. The highest BCUT2D eigenvalue weighted by atomic mass is 15.3. The Morgan fingerprint density at radius 1 is 1.10 bits per heavy atom. The highest BCUT2D eigenvalue weighted by Crippen LogP contribution is 2.36. The average Bonchev–Trinajstić information content (AvgIpc) is 2.52. The van der Waals surface area contributed by atoms with Crippen LogP contribution in [0, 0.1) is 5.92 Å². The lowest BCUT2D eigenvalue weighted by atomic mass is 9.75. The number of nitrogens with two attached hydrogens (primary N) is 1. The molecule has 0 radical (unpaired) electrons. The molecule has 2 N–H and O–H groups in total. The molecule has 2 aliphatic rings. The number of nitrogens with zero attached hydrogens (tertiary/aromatic N) is 2. The van der Waals surface area contributed by atoms with Crippen molar-refractivity contribution >= 4 is 5.69 Å². The molecule has 2 fully saturated rings. The van der Waals surface area contributed by atoms with E-state index in [-0.39, 0.29) is 5.54 Å². The zero-order valence-corrected chi connectivity index (χ0v) is 13.3. The topological polar surface area (TPSA) is 32.5 Å². The van der Waals surface area contributed by atoms with E-state index in [2.05, 4.69) is 47.1 Å². The second-order valence-corrected chi connectivity index (χ2v) is 7.01. The molecule has 1 unspecified atom stereocenters. The lowest BCUT2D eigenvalue weighted by Crippen LogP contribution is -2.59. The summed E-state index contributed by atoms with van der Waals surface area (Å²) in [5.74, 6) is 0.922. The van der Waals surface area contributed by atoms with Gasteiger partial charge in [0, 0.05) is 44.0 Å². The van der Waals surface area contributed by atoms with Crippen LogP contribution in [0.5, 0.6) is 0 Å². The lowest BCUT2D eigenvalue weighted by molar-refractivity contribution is 0.0628. The first kappa shape index (κ1) is 14.9. The van der Waals surface area contributed by atoms with E-state index in [0.29, 0.717) is 0 Å². The molecule has 3 rings (SSSR count). The third kappa shape index (κ3) is 3.24. The van der Waals surface area contributed by atoms with E-state index in [1.807, 2.05) is 0 Å². The fourth-order valence-corrected chi connectivity index (χ4v) is 3.80. The smallest absolute Gasteiger partial charge is 0.0367 e. The maximum Gasteiger partial charge on any atom is 0.0367 e. The summed E-state index contributed by atoms with van der Waals surface area (Å²) in [5.41, 5.74) is 7.71. The van der Waals surface area contributed by atoms with Crippen LogP contribution < -0.4 is 10.6 Å². The van der Waals surface area contributed by atoms with Crippen LogP contribution in [-0.4, -0.2) is 43.2 Å². The number of benzene rings is 1. The van der Waals surface area contributed by atoms with Gasteiger partial charge in [0.1, 0.15) is 0 Å². The first-order valence-corrected chi connectivity index (χ1v) is 8.46. The molecule has 1 aliphatic heterocycles. The fourth-order valence-electron chi connectivity index (χ4n) is 3.80. The molecule has 1 heterocycles. The predicted molar refractivity (Wildman–Crippen MR) is 89.6 cm³/mol. The summed E-state index contributed by atoms with van der Waals surface area (Å²) in [4.78, 5) is 5.14. The summed E-state index contributed by atoms with van der Waals surface area (Å²) < 4.78 is 0. The molecule has 1 aromatic carbocycles. The van der Waals surface area contributed by atoms with Crippen molar-refractivity contribution in [3.63, 3.8) is 0 Å². The SMILES string of the molecule is CC(CN)(CC1CCC1)N1CCN(c2ccccc2)CC1. The summed E-state index contributed by atoms with van der Waals surface area (Å²) in [6.07, 6.45) is 5.54. The van der Waals surface area contributed by atoms with E-state index in [0.717, 1.165) is 38.6 Å². The van der Waals surface area contributed by atoms with Gasteiger partial charge in [-0.05, 0) is 31.4 Å². The van der Waals surface area contributed by atoms with Crippen molar-refractivity contribution in [1.82, 2.24) is 4.90 Å². The minimum atomic E-state index is 0.202. The zero-order valence-electron chi connectivity index (χ0n) is 13.3. The van der Waals surface area contributed by atoms with Gasteiger partial charge in [-0.25, -0.2) is 0 Å². The minimum Gasteiger partial charge on any atom is -0.369 e. The highest BCUT2D eigenvalue weighted by Gasteiger charge is 2.36. The van der Waals surface area contributed by atoms with Gasteiger partial charge in [-0.2, -0.15) is 0 Å². The van der Waals surface area contributed by atoms with Gasteiger partial charge in [0.25, 0.3) is 0 Å². The fraction of sp³-hybridized carbons (Fsp3) is 0.667. The van der Waals surface area contributed by atoms with Crippen LogP contribution in [-0.2, 0) is 0 Å². The minimum absolute atomic E-state index is 0.202. The summed E-state index contributed by atoms with van der Waals surface area (Å²) >= 11 is 0. The van der Waals surface area contributed by atoms with Crippen molar-refractivity contribution in [2.45, 2.75) is 38.1 Å². The normalized spacial score (nSPS) is 23.6. The van der Waals surface area contributed by atoms with Crippen LogP contribution in [0.4, 0.5) is 5.69 Å². The molecule has 1 atom stereocenters. The van der Waals surface area contributed by atoms with Gasteiger partial charge < -0.3 is 10.6 Å². The largest absolute Gasteiger partial charge is 0.369 e. The van der Waals surface area contributed by atoms with Gasteiger partial charge in [-0.15, -0.1) is 0 Å². The molecule has 0 spiro atoms. The summed E-state index contributed by atoms with van der Waals surface area (Å²) in [7, 11) is 0. The number of piperazine rings is 1. The van der Waals surface area contributed by atoms with Crippen molar-refractivity contribution < 1.29 is 0 Å². The van der Waals surface area contributed by atoms with E-state index in [1.165, 1.54) is 31.4 Å². The number of rotatable bonds is 5. The van der Waals surface area contributed by atoms with Crippen LogP contribution in [0.1, 0.15) is 32.6 Å². The number of para-hydroxylation sites is 1. The summed E-state index contributed by atoms with van der Waals surface area (Å²) in [5, 5.41) is 0. The Kier molecular flexibility index (Phi) is 4.51. The molecule has 1 saturated heterocycles. The van der Waals surface area contributed by atoms with Crippen LogP contribution in [0.25, 0.3) is 0 Å². The molecule has 3 heteroatoms. The highest BCUT2D eigenvalue weighted by molar-refractivity contribution is 5.46. The zero-order chi connectivity index (χ0) is 14.7. The van der Waals surface area contributed by atoms with Gasteiger partial charge in [-0.1, -0.05) is 37.5 Å². The molecule has 3 nitrogen and oxygen atoms in total. The number of anilines is 1. The molecular formula is C18H29N3. The lowest BCUT2D eigenvalue weighted by Gasteiger charge is -2.48. The Labute approximate surface area is 129 Å². The van der Waals surface area contributed by atoms with E-state index in [4.69, 9.17) is 5.73 Å². The monoisotopic (exact) mass is 287 g/mol. The van der Waals surface area contributed by atoms with Crippen molar-refractivity contribution in [3.05, 3.63) is 30.3 Å². The predicted octanol–water partition coefficient (Wildman–Crippen LogP) is 2.72. The maximum absolute atomic E-state index is 6.16. The standard InChI is InChI=1S/C18H29N3/c1-18(15-19,14-16-6-5-7-16)21-12-10-20(11-13-21)17-8-3-2-4-9-17/h2-4,8-9,16H,5-7,10-15,19H2,1H3. The van der Waals surface area contributed by atoms with Crippen LogP contribution in [0.2, 0.25) is 0 Å². The summed E-state index contributed by atoms with van der Waals surface area (Å²) in [6.45, 7) is 7.66. The Balaban J connectivity index is 1.58. The first-order chi connectivity index (χ1) is 10.2. The Morgan fingerprint density at radius 2 is 1.76 bits per heavy atom. The molecule has 116 valence electrons.